The van der Waals surface area contributed by atoms with E-state index in [2.05, 4.69) is 6.92 Å². The first kappa shape index (κ1) is 16.4. The van der Waals surface area contributed by atoms with Gasteiger partial charge in [0.05, 0.1) is 13.2 Å². The minimum absolute atomic E-state index is 0.242. The molecule has 0 saturated heterocycles. The Morgan fingerprint density at radius 3 is 2.47 bits per heavy atom. The van der Waals surface area contributed by atoms with Crippen molar-refractivity contribution in [1.29, 1.82) is 0 Å². The third-order valence-electron chi connectivity index (χ3n) is 3.69. The summed E-state index contributed by atoms with van der Waals surface area (Å²) < 4.78 is 10.7. The molecule has 1 aliphatic carbocycles. The number of unbranched alkanes of at least 4 members (excludes halogenated alkanes) is 4. The maximum Gasteiger partial charge on any atom is 0.328 e. The predicted molar refractivity (Wildman–Crippen MR) is 75.9 cm³/mol. The van der Waals surface area contributed by atoms with Crippen LogP contribution in [0.3, 0.4) is 0 Å². The minimum atomic E-state index is -0.917. The summed E-state index contributed by atoms with van der Waals surface area (Å²) in [6, 6.07) is 0. The Morgan fingerprint density at radius 1 is 1.21 bits per heavy atom. The summed E-state index contributed by atoms with van der Waals surface area (Å²) in [5.41, 5.74) is 5.28. The van der Waals surface area contributed by atoms with Gasteiger partial charge in [0.1, 0.15) is 5.54 Å². The first-order valence-corrected chi connectivity index (χ1v) is 7.69. The van der Waals surface area contributed by atoms with E-state index in [1.807, 2.05) is 0 Å². The lowest BCUT2D eigenvalue weighted by atomic mass is 9.96. The molecule has 0 spiro atoms. The fourth-order valence-corrected chi connectivity index (χ4v) is 2.26. The van der Waals surface area contributed by atoms with Gasteiger partial charge in [-0.25, -0.2) is 4.79 Å². The van der Waals surface area contributed by atoms with E-state index in [9.17, 15) is 4.79 Å². The van der Waals surface area contributed by atoms with E-state index < -0.39 is 5.54 Å². The molecule has 0 aliphatic heterocycles. The van der Waals surface area contributed by atoms with Crippen LogP contribution in [0.25, 0.3) is 0 Å². The molecule has 2 N–H and O–H groups in total. The Bertz CT molecular complexity index is 266. The number of rotatable bonds is 11. The quantitative estimate of drug-likeness (QED) is 0.463. The Hall–Kier alpha value is -0.610. The fourth-order valence-electron chi connectivity index (χ4n) is 2.26. The number of nitrogens with two attached hydrogens (primary N) is 1. The third kappa shape index (κ3) is 5.49. The van der Waals surface area contributed by atoms with Crippen molar-refractivity contribution in [2.75, 3.05) is 19.8 Å². The van der Waals surface area contributed by atoms with Crippen LogP contribution in [0, 0.1) is 5.92 Å². The van der Waals surface area contributed by atoms with Crippen molar-refractivity contribution < 1.29 is 14.3 Å². The van der Waals surface area contributed by atoms with Crippen LogP contribution in [0.15, 0.2) is 0 Å². The summed E-state index contributed by atoms with van der Waals surface area (Å²) in [5, 5.41) is 0. The van der Waals surface area contributed by atoms with Gasteiger partial charge in [-0.3, -0.25) is 0 Å². The summed E-state index contributed by atoms with van der Waals surface area (Å²) in [6.45, 7) is 5.37. The van der Waals surface area contributed by atoms with E-state index in [-0.39, 0.29) is 11.9 Å². The molecule has 0 aromatic carbocycles. The van der Waals surface area contributed by atoms with Crippen molar-refractivity contribution in [2.45, 2.75) is 64.3 Å². The molecule has 1 atom stereocenters. The van der Waals surface area contributed by atoms with Gasteiger partial charge in [-0.1, -0.05) is 32.6 Å². The Balaban J connectivity index is 2.21. The normalized spacial score (nSPS) is 18.1. The second-order valence-electron chi connectivity index (χ2n) is 5.50. The molecule has 1 unspecified atom stereocenters. The van der Waals surface area contributed by atoms with Gasteiger partial charge in [0.2, 0.25) is 0 Å². The Morgan fingerprint density at radius 2 is 1.89 bits per heavy atom. The molecule has 0 aromatic heterocycles. The van der Waals surface area contributed by atoms with Crippen molar-refractivity contribution in [2.24, 2.45) is 11.7 Å². The van der Waals surface area contributed by atoms with Crippen LogP contribution in [-0.2, 0) is 14.3 Å². The number of ether oxygens (including phenoxy) is 2. The van der Waals surface area contributed by atoms with Crippen LogP contribution in [0.1, 0.15) is 58.8 Å². The minimum Gasteiger partial charge on any atom is -0.465 e. The SMILES string of the molecule is CCCCCCCOCC(N)(C(=O)OCC)C1CC1. The van der Waals surface area contributed by atoms with Crippen molar-refractivity contribution in [3.8, 4) is 0 Å². The molecule has 4 heteroatoms. The van der Waals surface area contributed by atoms with Crippen LogP contribution in [0.4, 0.5) is 0 Å². The highest BCUT2D eigenvalue weighted by Gasteiger charge is 2.49. The molecule has 1 saturated carbocycles. The van der Waals surface area contributed by atoms with Gasteiger partial charge < -0.3 is 15.2 Å². The van der Waals surface area contributed by atoms with Crippen molar-refractivity contribution >= 4 is 5.97 Å². The van der Waals surface area contributed by atoms with Gasteiger partial charge in [-0.2, -0.15) is 0 Å². The lowest BCUT2D eigenvalue weighted by Crippen LogP contribution is -2.55. The number of carbonyl (C=O) groups excluding carboxylic acids is 1. The molecule has 1 rings (SSSR count). The summed E-state index contributed by atoms with van der Waals surface area (Å²) in [4.78, 5) is 11.9. The van der Waals surface area contributed by atoms with E-state index in [0.29, 0.717) is 19.8 Å². The first-order valence-electron chi connectivity index (χ1n) is 7.69. The van der Waals surface area contributed by atoms with E-state index in [1.165, 1.54) is 25.7 Å². The van der Waals surface area contributed by atoms with Gasteiger partial charge in [-0.05, 0) is 32.1 Å². The summed E-state index contributed by atoms with van der Waals surface area (Å²) in [5.74, 6) is -0.0601. The van der Waals surface area contributed by atoms with Crippen LogP contribution in [-0.4, -0.2) is 31.3 Å². The Labute approximate surface area is 117 Å². The summed E-state index contributed by atoms with van der Waals surface area (Å²) in [7, 11) is 0. The zero-order chi connectivity index (χ0) is 14.1. The van der Waals surface area contributed by atoms with E-state index in [0.717, 1.165) is 19.3 Å². The largest absolute Gasteiger partial charge is 0.465 e. The third-order valence-corrected chi connectivity index (χ3v) is 3.69. The predicted octanol–water partition coefficient (Wildman–Crippen LogP) is 2.64. The van der Waals surface area contributed by atoms with E-state index >= 15 is 0 Å². The van der Waals surface area contributed by atoms with Gasteiger partial charge in [-0.15, -0.1) is 0 Å². The van der Waals surface area contributed by atoms with Crippen LogP contribution < -0.4 is 5.73 Å². The zero-order valence-electron chi connectivity index (χ0n) is 12.5. The topological polar surface area (TPSA) is 61.5 Å². The molecule has 0 amide bonds. The molecule has 0 heterocycles. The van der Waals surface area contributed by atoms with Crippen LogP contribution >= 0.6 is 0 Å². The number of hydrogen-bond acceptors (Lipinski definition) is 4. The molecule has 0 radical (unpaired) electrons. The maximum absolute atomic E-state index is 11.9. The average molecular weight is 271 g/mol. The molecule has 19 heavy (non-hydrogen) atoms. The number of carbonyl (C=O) groups is 1. The van der Waals surface area contributed by atoms with E-state index in [4.69, 9.17) is 15.2 Å². The monoisotopic (exact) mass is 271 g/mol. The van der Waals surface area contributed by atoms with Crippen molar-refractivity contribution in [3.63, 3.8) is 0 Å². The molecule has 112 valence electrons. The summed E-state index contributed by atoms with van der Waals surface area (Å²) >= 11 is 0. The number of hydrogen-bond donors (Lipinski definition) is 1. The molecule has 0 bridgehead atoms. The maximum atomic E-state index is 11.9. The van der Waals surface area contributed by atoms with Gasteiger partial charge in [0.15, 0.2) is 0 Å². The second kappa shape index (κ2) is 8.54. The fraction of sp³-hybridized carbons (Fsp3) is 0.933. The van der Waals surface area contributed by atoms with Crippen LogP contribution in [0.5, 0.6) is 0 Å². The Kier molecular flexibility index (Phi) is 7.39. The van der Waals surface area contributed by atoms with Crippen LogP contribution in [0.2, 0.25) is 0 Å². The lowest BCUT2D eigenvalue weighted by Gasteiger charge is -2.26. The zero-order valence-corrected chi connectivity index (χ0v) is 12.5. The molecule has 4 nitrogen and oxygen atoms in total. The second-order valence-corrected chi connectivity index (χ2v) is 5.50. The van der Waals surface area contributed by atoms with E-state index in [1.54, 1.807) is 6.92 Å². The molecule has 0 aromatic rings. The highest BCUT2D eigenvalue weighted by Crippen LogP contribution is 2.39. The number of esters is 1. The smallest absolute Gasteiger partial charge is 0.328 e. The summed E-state index contributed by atoms with van der Waals surface area (Å²) in [6.07, 6.45) is 8.04. The first-order chi connectivity index (χ1) is 9.15. The molecule has 1 aliphatic rings. The highest BCUT2D eigenvalue weighted by molar-refractivity contribution is 5.81. The highest BCUT2D eigenvalue weighted by atomic mass is 16.5. The molecular formula is C15H29NO3. The van der Waals surface area contributed by atoms with Gasteiger partial charge in [0.25, 0.3) is 0 Å². The van der Waals surface area contributed by atoms with Crippen molar-refractivity contribution in [3.05, 3.63) is 0 Å². The standard InChI is InChI=1S/C15H29NO3/c1-3-5-6-7-8-11-18-12-15(16,13-9-10-13)14(17)19-4-2/h13H,3-12,16H2,1-2H3. The van der Waals surface area contributed by atoms with Gasteiger partial charge >= 0.3 is 5.97 Å². The van der Waals surface area contributed by atoms with Crippen molar-refractivity contribution in [1.82, 2.24) is 0 Å². The average Bonchev–Trinajstić information content (AvgIpc) is 3.22. The molecular weight excluding hydrogens is 242 g/mol. The molecule has 1 fully saturated rings. The lowest BCUT2D eigenvalue weighted by molar-refractivity contribution is -0.153. The van der Waals surface area contributed by atoms with Gasteiger partial charge in [0, 0.05) is 6.61 Å².